The van der Waals surface area contributed by atoms with Crippen molar-refractivity contribution < 1.29 is 4.74 Å². The molecule has 0 bridgehead atoms. The number of nitrogens with zero attached hydrogens (tertiary/aromatic N) is 2. The van der Waals surface area contributed by atoms with Crippen LogP contribution in [0.4, 0.5) is 0 Å². The van der Waals surface area contributed by atoms with Crippen LogP contribution in [-0.4, -0.2) is 29.3 Å². The average molecular weight is 211 g/mol. The first kappa shape index (κ1) is 12.2. The summed E-state index contributed by atoms with van der Waals surface area (Å²) in [5.41, 5.74) is 0. The lowest BCUT2D eigenvalue weighted by Crippen LogP contribution is -2.34. The Hall–Kier alpha value is -0.870. The predicted molar refractivity (Wildman–Crippen MR) is 60.7 cm³/mol. The predicted octanol–water partition coefficient (Wildman–Crippen LogP) is 1.50. The van der Waals surface area contributed by atoms with Crippen LogP contribution in [0.5, 0.6) is 0 Å². The molecular weight excluding hydrogens is 190 g/mol. The number of aromatic nitrogens is 2. The summed E-state index contributed by atoms with van der Waals surface area (Å²) >= 11 is 0. The Balaban J connectivity index is 2.86. The summed E-state index contributed by atoms with van der Waals surface area (Å²) in [6.45, 7) is 5.14. The molecule has 1 heterocycles. The van der Waals surface area contributed by atoms with Crippen molar-refractivity contribution in [1.29, 1.82) is 0 Å². The van der Waals surface area contributed by atoms with Crippen molar-refractivity contribution in [3.05, 3.63) is 18.2 Å². The number of ether oxygens (including phenoxy) is 1. The van der Waals surface area contributed by atoms with Crippen molar-refractivity contribution in [3.8, 4) is 0 Å². The molecule has 1 N–H and O–H groups in total. The van der Waals surface area contributed by atoms with E-state index < -0.39 is 0 Å². The van der Waals surface area contributed by atoms with E-state index in [4.69, 9.17) is 4.74 Å². The number of rotatable bonds is 6. The smallest absolute Gasteiger partial charge is 0.128 e. The van der Waals surface area contributed by atoms with Gasteiger partial charge in [0.25, 0.3) is 0 Å². The van der Waals surface area contributed by atoms with Crippen LogP contribution in [0.25, 0.3) is 0 Å². The molecule has 0 amide bonds. The van der Waals surface area contributed by atoms with Gasteiger partial charge in [0.15, 0.2) is 0 Å². The van der Waals surface area contributed by atoms with Gasteiger partial charge < -0.3 is 14.6 Å². The molecule has 1 rings (SSSR count). The molecule has 0 aromatic carbocycles. The van der Waals surface area contributed by atoms with Crippen molar-refractivity contribution in [1.82, 2.24) is 14.9 Å². The topological polar surface area (TPSA) is 39.1 Å². The second-order valence-electron chi connectivity index (χ2n) is 3.61. The van der Waals surface area contributed by atoms with Crippen LogP contribution in [0, 0.1) is 0 Å². The van der Waals surface area contributed by atoms with Crippen molar-refractivity contribution in [2.24, 2.45) is 7.05 Å². The monoisotopic (exact) mass is 211 g/mol. The highest BCUT2D eigenvalue weighted by atomic mass is 16.5. The maximum Gasteiger partial charge on any atom is 0.128 e. The van der Waals surface area contributed by atoms with Crippen molar-refractivity contribution >= 4 is 0 Å². The Labute approximate surface area is 91.7 Å². The van der Waals surface area contributed by atoms with E-state index in [2.05, 4.69) is 24.1 Å². The van der Waals surface area contributed by atoms with Gasteiger partial charge in [0.1, 0.15) is 5.82 Å². The molecule has 1 aromatic rings. The first-order valence-electron chi connectivity index (χ1n) is 5.47. The minimum atomic E-state index is 0.171. The third-order valence-corrected chi connectivity index (χ3v) is 2.64. The molecule has 2 unspecified atom stereocenters. The lowest BCUT2D eigenvalue weighted by atomic mass is 10.1. The summed E-state index contributed by atoms with van der Waals surface area (Å²) in [7, 11) is 3.76. The summed E-state index contributed by atoms with van der Waals surface area (Å²) in [6, 6.07) is 0.171. The highest BCUT2D eigenvalue weighted by Gasteiger charge is 2.23. The van der Waals surface area contributed by atoms with Crippen LogP contribution in [0.3, 0.4) is 0 Å². The van der Waals surface area contributed by atoms with Gasteiger partial charge in [-0.15, -0.1) is 0 Å². The number of imidazole rings is 1. The lowest BCUT2D eigenvalue weighted by molar-refractivity contribution is 0.0620. The summed E-state index contributed by atoms with van der Waals surface area (Å²) in [5.74, 6) is 1.03. The highest BCUT2D eigenvalue weighted by molar-refractivity contribution is 5.01. The third-order valence-electron chi connectivity index (χ3n) is 2.64. The Morgan fingerprint density at radius 1 is 1.53 bits per heavy atom. The van der Waals surface area contributed by atoms with Crippen LogP contribution in [0.15, 0.2) is 12.4 Å². The number of methoxy groups -OCH3 is 1. The van der Waals surface area contributed by atoms with E-state index in [0.29, 0.717) is 0 Å². The largest absolute Gasteiger partial charge is 0.379 e. The van der Waals surface area contributed by atoms with Gasteiger partial charge in [0, 0.05) is 26.6 Å². The quantitative estimate of drug-likeness (QED) is 0.775. The van der Waals surface area contributed by atoms with Crippen molar-refractivity contribution in [3.63, 3.8) is 0 Å². The third kappa shape index (κ3) is 2.79. The van der Waals surface area contributed by atoms with E-state index in [1.54, 1.807) is 7.11 Å². The molecule has 86 valence electrons. The standard InChI is InChI=1S/C11H21N3O/c1-5-9(15-4)10(12-6-2)11-13-7-8-14(11)3/h7-10,12H,5-6H2,1-4H3. The van der Waals surface area contributed by atoms with Gasteiger partial charge in [-0.05, 0) is 13.0 Å². The van der Waals surface area contributed by atoms with E-state index in [1.165, 1.54) is 0 Å². The molecule has 1 aromatic heterocycles. The minimum absolute atomic E-state index is 0.171. The molecule has 0 saturated heterocycles. The molecular formula is C11H21N3O. The molecule has 4 nitrogen and oxygen atoms in total. The molecule has 15 heavy (non-hydrogen) atoms. The average Bonchev–Trinajstić information content (AvgIpc) is 2.65. The van der Waals surface area contributed by atoms with Crippen LogP contribution in [0.2, 0.25) is 0 Å². The number of hydrogen-bond donors (Lipinski definition) is 1. The van der Waals surface area contributed by atoms with E-state index >= 15 is 0 Å². The first-order valence-corrected chi connectivity index (χ1v) is 5.47. The van der Waals surface area contributed by atoms with E-state index in [1.807, 2.05) is 24.0 Å². The van der Waals surface area contributed by atoms with Crippen LogP contribution in [-0.2, 0) is 11.8 Å². The fourth-order valence-electron chi connectivity index (χ4n) is 1.82. The zero-order valence-electron chi connectivity index (χ0n) is 10.0. The van der Waals surface area contributed by atoms with Crippen molar-refractivity contribution in [2.45, 2.75) is 32.4 Å². The van der Waals surface area contributed by atoms with E-state index in [0.717, 1.165) is 18.8 Å². The van der Waals surface area contributed by atoms with Gasteiger partial charge in [0.2, 0.25) is 0 Å². The van der Waals surface area contributed by atoms with Gasteiger partial charge >= 0.3 is 0 Å². The molecule has 0 aliphatic carbocycles. The normalized spacial score (nSPS) is 15.2. The van der Waals surface area contributed by atoms with Crippen LogP contribution in [0.1, 0.15) is 32.1 Å². The fraction of sp³-hybridized carbons (Fsp3) is 0.727. The Bertz CT molecular complexity index is 281. The van der Waals surface area contributed by atoms with Gasteiger partial charge in [0.05, 0.1) is 12.1 Å². The minimum Gasteiger partial charge on any atom is -0.379 e. The molecule has 4 heteroatoms. The molecule has 2 atom stereocenters. The van der Waals surface area contributed by atoms with Gasteiger partial charge in [-0.25, -0.2) is 4.98 Å². The summed E-state index contributed by atoms with van der Waals surface area (Å²) in [5, 5.41) is 3.42. The number of aryl methyl sites for hydroxylation is 1. The number of hydrogen-bond acceptors (Lipinski definition) is 3. The van der Waals surface area contributed by atoms with Gasteiger partial charge in [-0.1, -0.05) is 13.8 Å². The van der Waals surface area contributed by atoms with Crippen molar-refractivity contribution in [2.75, 3.05) is 13.7 Å². The molecule has 0 saturated carbocycles. The maximum atomic E-state index is 5.48. The Morgan fingerprint density at radius 3 is 2.67 bits per heavy atom. The molecule has 0 aliphatic heterocycles. The van der Waals surface area contributed by atoms with E-state index in [-0.39, 0.29) is 12.1 Å². The highest BCUT2D eigenvalue weighted by Crippen LogP contribution is 2.19. The summed E-state index contributed by atoms with van der Waals surface area (Å²) in [4.78, 5) is 4.37. The summed E-state index contributed by atoms with van der Waals surface area (Å²) in [6.07, 6.45) is 4.93. The summed E-state index contributed by atoms with van der Waals surface area (Å²) < 4.78 is 7.51. The zero-order chi connectivity index (χ0) is 11.3. The Kier molecular flexibility index (Phi) is 4.78. The fourth-order valence-corrected chi connectivity index (χ4v) is 1.82. The van der Waals surface area contributed by atoms with Crippen LogP contribution >= 0.6 is 0 Å². The molecule has 0 radical (unpaired) electrons. The lowest BCUT2D eigenvalue weighted by Gasteiger charge is -2.25. The molecule has 0 spiro atoms. The maximum absolute atomic E-state index is 5.48. The van der Waals surface area contributed by atoms with Gasteiger partial charge in [-0.3, -0.25) is 0 Å². The first-order chi connectivity index (χ1) is 7.24. The van der Waals surface area contributed by atoms with Crippen LogP contribution < -0.4 is 5.32 Å². The number of likely N-dealkylation sites (N-methyl/N-ethyl adjacent to an activating group) is 1. The Morgan fingerprint density at radius 2 is 2.27 bits per heavy atom. The number of nitrogens with one attached hydrogen (secondary N) is 1. The SMILES string of the molecule is CCNC(c1nccn1C)C(CC)OC. The second kappa shape index (κ2) is 5.88. The van der Waals surface area contributed by atoms with Gasteiger partial charge in [-0.2, -0.15) is 0 Å². The second-order valence-corrected chi connectivity index (χ2v) is 3.61. The zero-order valence-corrected chi connectivity index (χ0v) is 10.0. The molecule has 0 aliphatic rings. The van der Waals surface area contributed by atoms with E-state index in [9.17, 15) is 0 Å². The molecule has 0 fully saturated rings.